The number of thioether (sulfide) groups is 1. The van der Waals surface area contributed by atoms with E-state index < -0.39 is 0 Å². The number of hydrogen-bond acceptors (Lipinski definition) is 4. The van der Waals surface area contributed by atoms with E-state index >= 15 is 0 Å². The Kier molecular flexibility index (Phi) is 3.51. The maximum atomic E-state index is 9.70. The van der Waals surface area contributed by atoms with Crippen LogP contribution in [0.2, 0.25) is 0 Å². The summed E-state index contributed by atoms with van der Waals surface area (Å²) in [5, 5.41) is 9.70. The van der Waals surface area contributed by atoms with Crippen molar-refractivity contribution in [3.8, 4) is 17.2 Å². The molecule has 3 rings (SSSR count). The van der Waals surface area contributed by atoms with Crippen LogP contribution in [0.25, 0.3) is 0 Å². The van der Waals surface area contributed by atoms with Crippen LogP contribution < -0.4 is 9.47 Å². The molecule has 0 fully saturated rings. The first kappa shape index (κ1) is 12.2. The van der Waals surface area contributed by atoms with Gasteiger partial charge in [0.1, 0.15) is 18.5 Å². The Morgan fingerprint density at radius 2 is 1.79 bits per heavy atom. The number of fused-ring (bicyclic) bond motifs is 1. The van der Waals surface area contributed by atoms with E-state index in [0.29, 0.717) is 12.4 Å². The molecule has 1 aliphatic rings. The van der Waals surface area contributed by atoms with Gasteiger partial charge in [0.15, 0.2) is 11.5 Å². The molecule has 3 nitrogen and oxygen atoms in total. The number of para-hydroxylation sites is 3. The predicted octanol–water partition coefficient (Wildman–Crippen LogP) is 3.32. The highest BCUT2D eigenvalue weighted by Gasteiger charge is 2.20. The van der Waals surface area contributed by atoms with Gasteiger partial charge in [-0.05, 0) is 24.3 Å². The van der Waals surface area contributed by atoms with Crippen molar-refractivity contribution in [1.82, 2.24) is 0 Å². The van der Waals surface area contributed by atoms with Gasteiger partial charge in [0, 0.05) is 10.6 Å². The van der Waals surface area contributed by atoms with Gasteiger partial charge < -0.3 is 14.6 Å². The summed E-state index contributed by atoms with van der Waals surface area (Å²) in [6.07, 6.45) is -0.000457. The van der Waals surface area contributed by atoms with Gasteiger partial charge in [0.25, 0.3) is 0 Å². The lowest BCUT2D eigenvalue weighted by molar-refractivity contribution is 0.107. The van der Waals surface area contributed by atoms with Crippen LogP contribution in [0.4, 0.5) is 0 Å². The number of hydrogen-bond donors (Lipinski definition) is 1. The fourth-order valence-electron chi connectivity index (χ4n) is 1.91. The maximum absolute atomic E-state index is 9.70. The van der Waals surface area contributed by atoms with Crippen LogP contribution in [0, 0.1) is 0 Å². The zero-order valence-electron chi connectivity index (χ0n) is 10.3. The molecule has 2 aromatic carbocycles. The van der Waals surface area contributed by atoms with Crippen LogP contribution in [0.1, 0.15) is 0 Å². The molecule has 1 heterocycles. The fourth-order valence-corrected chi connectivity index (χ4v) is 2.83. The van der Waals surface area contributed by atoms with Gasteiger partial charge in [-0.15, -0.1) is 11.8 Å². The smallest absolute Gasteiger partial charge is 0.161 e. The molecule has 0 saturated carbocycles. The molecule has 0 radical (unpaired) electrons. The second-order valence-electron chi connectivity index (χ2n) is 4.28. The summed E-state index contributed by atoms with van der Waals surface area (Å²) < 4.78 is 11.5. The molecular formula is C15H14O3S. The van der Waals surface area contributed by atoms with E-state index in [0.717, 1.165) is 22.1 Å². The van der Waals surface area contributed by atoms with E-state index in [9.17, 15) is 5.11 Å². The third-order valence-corrected chi connectivity index (χ3v) is 4.05. The number of phenols is 1. The summed E-state index contributed by atoms with van der Waals surface area (Å²) in [6.45, 7) is 0.539. The molecule has 19 heavy (non-hydrogen) atoms. The Hall–Kier alpha value is -1.81. The first-order valence-corrected chi connectivity index (χ1v) is 7.11. The first-order chi connectivity index (χ1) is 9.33. The molecule has 0 spiro atoms. The lowest BCUT2D eigenvalue weighted by Crippen LogP contribution is -2.31. The highest BCUT2D eigenvalue weighted by atomic mass is 32.2. The highest BCUT2D eigenvalue weighted by Crippen LogP contribution is 2.34. The average Bonchev–Trinajstić information content (AvgIpc) is 2.46. The zero-order chi connectivity index (χ0) is 13.1. The van der Waals surface area contributed by atoms with Crippen molar-refractivity contribution >= 4 is 11.8 Å². The second-order valence-corrected chi connectivity index (χ2v) is 5.34. The molecule has 4 heteroatoms. The number of ether oxygens (including phenoxy) is 2. The van der Waals surface area contributed by atoms with Crippen molar-refractivity contribution in [2.45, 2.75) is 11.0 Å². The first-order valence-electron chi connectivity index (χ1n) is 6.12. The molecule has 0 aliphatic carbocycles. The molecule has 1 N–H and O–H groups in total. The van der Waals surface area contributed by atoms with Crippen molar-refractivity contribution in [2.75, 3.05) is 12.4 Å². The molecule has 1 aliphatic heterocycles. The molecule has 1 atom stereocenters. The summed E-state index contributed by atoms with van der Waals surface area (Å²) in [5.41, 5.74) is 0. The summed E-state index contributed by atoms with van der Waals surface area (Å²) >= 11 is 1.57. The van der Waals surface area contributed by atoms with Gasteiger partial charge in [-0.3, -0.25) is 0 Å². The molecule has 0 bridgehead atoms. The van der Waals surface area contributed by atoms with Crippen LogP contribution in [0.3, 0.4) is 0 Å². The number of rotatable bonds is 3. The van der Waals surface area contributed by atoms with Gasteiger partial charge in [-0.2, -0.15) is 0 Å². The SMILES string of the molecule is Oc1ccccc1SCC1COc2ccccc2O1. The Labute approximate surface area is 116 Å². The largest absolute Gasteiger partial charge is 0.507 e. The van der Waals surface area contributed by atoms with Crippen molar-refractivity contribution in [2.24, 2.45) is 0 Å². The topological polar surface area (TPSA) is 38.7 Å². The number of aromatic hydroxyl groups is 1. The molecular weight excluding hydrogens is 260 g/mol. The summed E-state index contributed by atoms with van der Waals surface area (Å²) in [6, 6.07) is 15.0. The van der Waals surface area contributed by atoms with Gasteiger partial charge in [-0.1, -0.05) is 24.3 Å². The van der Waals surface area contributed by atoms with E-state index in [-0.39, 0.29) is 6.10 Å². The molecule has 1 unspecified atom stereocenters. The Balaban J connectivity index is 1.62. The summed E-state index contributed by atoms with van der Waals surface area (Å²) in [5.74, 6) is 2.64. The van der Waals surface area contributed by atoms with Gasteiger partial charge >= 0.3 is 0 Å². The van der Waals surface area contributed by atoms with Gasteiger partial charge in [0.2, 0.25) is 0 Å². The van der Waals surface area contributed by atoms with Crippen molar-refractivity contribution in [3.63, 3.8) is 0 Å². The minimum absolute atomic E-state index is 0.000457. The van der Waals surface area contributed by atoms with E-state index in [2.05, 4.69) is 0 Å². The normalized spacial score (nSPS) is 17.2. The van der Waals surface area contributed by atoms with Crippen molar-refractivity contribution < 1.29 is 14.6 Å². The van der Waals surface area contributed by atoms with Crippen LogP contribution in [0.5, 0.6) is 17.2 Å². The van der Waals surface area contributed by atoms with Crippen molar-refractivity contribution in [1.29, 1.82) is 0 Å². The Morgan fingerprint density at radius 3 is 2.63 bits per heavy atom. The van der Waals surface area contributed by atoms with E-state index in [4.69, 9.17) is 9.47 Å². The third kappa shape index (κ3) is 2.79. The van der Waals surface area contributed by atoms with Gasteiger partial charge in [-0.25, -0.2) is 0 Å². The lowest BCUT2D eigenvalue weighted by Gasteiger charge is -2.26. The standard InChI is InChI=1S/C15H14O3S/c16-12-5-1-4-8-15(12)19-10-11-9-17-13-6-2-3-7-14(13)18-11/h1-8,11,16H,9-10H2. The molecule has 2 aromatic rings. The number of phenolic OH excluding ortho intramolecular Hbond substituents is 1. The Morgan fingerprint density at radius 1 is 1.05 bits per heavy atom. The van der Waals surface area contributed by atoms with Crippen LogP contribution in [-0.2, 0) is 0 Å². The fraction of sp³-hybridized carbons (Fsp3) is 0.200. The quantitative estimate of drug-likeness (QED) is 0.871. The van der Waals surface area contributed by atoms with Crippen molar-refractivity contribution in [3.05, 3.63) is 48.5 Å². The minimum atomic E-state index is -0.000457. The average molecular weight is 274 g/mol. The third-order valence-electron chi connectivity index (χ3n) is 2.86. The van der Waals surface area contributed by atoms with Crippen LogP contribution in [0.15, 0.2) is 53.4 Å². The second kappa shape index (κ2) is 5.45. The van der Waals surface area contributed by atoms with Crippen LogP contribution >= 0.6 is 11.8 Å². The molecule has 98 valence electrons. The molecule has 0 amide bonds. The molecule has 0 aromatic heterocycles. The lowest BCUT2D eigenvalue weighted by atomic mass is 10.3. The zero-order valence-corrected chi connectivity index (χ0v) is 11.1. The van der Waals surface area contributed by atoms with Gasteiger partial charge in [0.05, 0.1) is 0 Å². The van der Waals surface area contributed by atoms with E-state index in [1.54, 1.807) is 17.8 Å². The van der Waals surface area contributed by atoms with E-state index in [1.807, 2.05) is 42.5 Å². The molecule has 0 saturated heterocycles. The van der Waals surface area contributed by atoms with E-state index in [1.165, 1.54) is 0 Å². The monoisotopic (exact) mass is 274 g/mol. The Bertz CT molecular complexity index is 571. The van der Waals surface area contributed by atoms with Crippen LogP contribution in [-0.4, -0.2) is 23.6 Å². The predicted molar refractivity (Wildman–Crippen MR) is 75.2 cm³/mol. The summed E-state index contributed by atoms with van der Waals surface area (Å²) in [7, 11) is 0. The summed E-state index contributed by atoms with van der Waals surface area (Å²) in [4.78, 5) is 0.866. The minimum Gasteiger partial charge on any atom is -0.507 e. The maximum Gasteiger partial charge on any atom is 0.161 e. The highest BCUT2D eigenvalue weighted by molar-refractivity contribution is 7.99. The number of benzene rings is 2.